The molecule has 0 aromatic rings. The first-order chi connectivity index (χ1) is 6.56. The summed E-state index contributed by atoms with van der Waals surface area (Å²) in [5, 5.41) is 0. The Labute approximate surface area is 85.3 Å². The Hall–Kier alpha value is -1.31. The second-order valence-electron chi connectivity index (χ2n) is 2.73. The van der Waals surface area contributed by atoms with Gasteiger partial charge in [-0.1, -0.05) is 31.4 Å². The number of halogens is 1. The molecule has 0 aliphatic carbocycles. The average molecular weight is 196 g/mol. The molecule has 0 aromatic carbocycles. The maximum absolute atomic E-state index is 12.6. The predicted octanol–water partition coefficient (Wildman–Crippen LogP) is 3.91. The van der Waals surface area contributed by atoms with Crippen LogP contribution in [0.3, 0.4) is 0 Å². The van der Waals surface area contributed by atoms with Crippen LogP contribution in [0.4, 0.5) is 4.39 Å². The van der Waals surface area contributed by atoms with Gasteiger partial charge in [-0.05, 0) is 19.4 Å². The molecule has 2 heteroatoms. The number of allylic oxidation sites excluding steroid dienone is 4. The largest absolute Gasteiger partial charge is 0.461 e. The molecule has 0 heterocycles. The molecule has 78 valence electrons. The van der Waals surface area contributed by atoms with Gasteiger partial charge in [-0.2, -0.15) is 0 Å². The molecule has 0 aliphatic heterocycles. The Balaban J connectivity index is 4.75. The van der Waals surface area contributed by atoms with Crippen molar-refractivity contribution in [1.29, 1.82) is 0 Å². The van der Waals surface area contributed by atoms with Crippen LogP contribution in [0.15, 0.2) is 48.3 Å². The van der Waals surface area contributed by atoms with Gasteiger partial charge in [0.2, 0.25) is 6.36 Å². The third-order valence-corrected chi connectivity index (χ3v) is 1.74. The molecule has 0 aliphatic rings. The minimum atomic E-state index is -1.35. The van der Waals surface area contributed by atoms with E-state index in [1.807, 2.05) is 26.0 Å². The number of hydrogen-bond acceptors (Lipinski definition) is 1. The number of hydrogen-bond donors (Lipinski definition) is 0. The van der Waals surface area contributed by atoms with Crippen molar-refractivity contribution in [3.8, 4) is 0 Å². The predicted molar refractivity (Wildman–Crippen MR) is 58.5 cm³/mol. The summed E-state index contributed by atoms with van der Waals surface area (Å²) >= 11 is 0. The maximum Gasteiger partial charge on any atom is 0.235 e. The molecule has 0 amide bonds. The molecule has 0 rings (SSSR count). The van der Waals surface area contributed by atoms with E-state index >= 15 is 0 Å². The SMILES string of the molecule is C=CC(=CC)C(=CC)C(=C)OC(C)F. The summed E-state index contributed by atoms with van der Waals surface area (Å²) in [4.78, 5) is 0. The van der Waals surface area contributed by atoms with Gasteiger partial charge in [0, 0.05) is 12.5 Å². The maximum atomic E-state index is 12.6. The summed E-state index contributed by atoms with van der Waals surface area (Å²) in [6, 6.07) is 0. The van der Waals surface area contributed by atoms with E-state index in [0.29, 0.717) is 5.76 Å². The lowest BCUT2D eigenvalue weighted by molar-refractivity contribution is 0.0274. The molecule has 14 heavy (non-hydrogen) atoms. The molecule has 0 aromatic heterocycles. The standard InChI is InChI=1S/C12H17FO/c1-6-11(7-2)12(8-3)9(4)14-10(5)13/h6-8,10H,1,4H2,2-3,5H3. The minimum absolute atomic E-state index is 0.329. The highest BCUT2D eigenvalue weighted by Crippen LogP contribution is 2.21. The Kier molecular flexibility index (Phi) is 5.61. The summed E-state index contributed by atoms with van der Waals surface area (Å²) in [5.74, 6) is 0.329. The fraction of sp³-hybridized carbons (Fsp3) is 0.333. The summed E-state index contributed by atoms with van der Waals surface area (Å²) < 4.78 is 17.4. The van der Waals surface area contributed by atoms with E-state index in [0.717, 1.165) is 11.1 Å². The van der Waals surface area contributed by atoms with Crippen LogP contribution in [0.5, 0.6) is 0 Å². The van der Waals surface area contributed by atoms with Crippen molar-refractivity contribution in [2.75, 3.05) is 0 Å². The van der Waals surface area contributed by atoms with Crippen LogP contribution in [0.2, 0.25) is 0 Å². The Morgan fingerprint density at radius 2 is 1.93 bits per heavy atom. The van der Waals surface area contributed by atoms with Gasteiger partial charge in [-0.15, -0.1) is 0 Å². The average Bonchev–Trinajstić information content (AvgIpc) is 2.12. The summed E-state index contributed by atoms with van der Waals surface area (Å²) in [5.41, 5.74) is 1.66. The van der Waals surface area contributed by atoms with Crippen LogP contribution in [0, 0.1) is 0 Å². The lowest BCUT2D eigenvalue weighted by Gasteiger charge is -2.13. The highest BCUT2D eigenvalue weighted by atomic mass is 19.1. The quantitative estimate of drug-likeness (QED) is 0.478. The van der Waals surface area contributed by atoms with Crippen LogP contribution < -0.4 is 0 Å². The molecule has 1 nitrogen and oxygen atoms in total. The van der Waals surface area contributed by atoms with E-state index in [4.69, 9.17) is 4.74 Å². The topological polar surface area (TPSA) is 9.23 Å². The van der Waals surface area contributed by atoms with Gasteiger partial charge < -0.3 is 4.74 Å². The van der Waals surface area contributed by atoms with Crippen molar-refractivity contribution >= 4 is 0 Å². The molecule has 1 unspecified atom stereocenters. The summed E-state index contributed by atoms with van der Waals surface area (Å²) in [6.07, 6.45) is 4.04. The van der Waals surface area contributed by atoms with Gasteiger partial charge in [0.25, 0.3) is 0 Å². The van der Waals surface area contributed by atoms with E-state index in [9.17, 15) is 4.39 Å². The van der Waals surface area contributed by atoms with E-state index in [1.165, 1.54) is 6.92 Å². The van der Waals surface area contributed by atoms with Crippen molar-refractivity contribution in [3.63, 3.8) is 0 Å². The Morgan fingerprint density at radius 3 is 2.21 bits per heavy atom. The molecule has 0 saturated carbocycles. The molecule has 0 spiro atoms. The Morgan fingerprint density at radius 1 is 1.36 bits per heavy atom. The lowest BCUT2D eigenvalue weighted by atomic mass is 10.0. The molecule has 0 bridgehead atoms. The first-order valence-corrected chi connectivity index (χ1v) is 4.52. The van der Waals surface area contributed by atoms with Crippen molar-refractivity contribution < 1.29 is 9.13 Å². The van der Waals surface area contributed by atoms with E-state index in [2.05, 4.69) is 13.2 Å². The second kappa shape index (κ2) is 6.19. The summed E-state index contributed by atoms with van der Waals surface area (Å²) in [6.45, 7) is 12.4. The third-order valence-electron chi connectivity index (χ3n) is 1.74. The molecule has 0 N–H and O–H groups in total. The van der Waals surface area contributed by atoms with E-state index in [-0.39, 0.29) is 0 Å². The minimum Gasteiger partial charge on any atom is -0.461 e. The molecule has 0 radical (unpaired) electrons. The smallest absolute Gasteiger partial charge is 0.235 e. The van der Waals surface area contributed by atoms with Crippen LogP contribution >= 0.6 is 0 Å². The van der Waals surface area contributed by atoms with Gasteiger partial charge in [0.15, 0.2) is 0 Å². The molecule has 1 atom stereocenters. The third kappa shape index (κ3) is 3.60. The first kappa shape index (κ1) is 12.7. The zero-order chi connectivity index (χ0) is 11.1. The normalized spacial score (nSPS) is 14.9. The number of rotatable bonds is 5. The summed E-state index contributed by atoms with van der Waals surface area (Å²) in [7, 11) is 0. The van der Waals surface area contributed by atoms with Crippen molar-refractivity contribution in [2.45, 2.75) is 27.1 Å². The van der Waals surface area contributed by atoms with Gasteiger partial charge >= 0.3 is 0 Å². The highest BCUT2D eigenvalue weighted by Gasteiger charge is 2.08. The van der Waals surface area contributed by atoms with Crippen LogP contribution in [-0.4, -0.2) is 6.36 Å². The van der Waals surface area contributed by atoms with E-state index in [1.54, 1.807) is 6.08 Å². The van der Waals surface area contributed by atoms with Gasteiger partial charge in [0.05, 0.1) is 0 Å². The Bertz CT molecular complexity index is 272. The van der Waals surface area contributed by atoms with Gasteiger partial charge in [-0.25, -0.2) is 4.39 Å². The molecular formula is C12H17FO. The van der Waals surface area contributed by atoms with Crippen LogP contribution in [0.1, 0.15) is 20.8 Å². The van der Waals surface area contributed by atoms with Crippen molar-refractivity contribution in [2.24, 2.45) is 0 Å². The van der Waals surface area contributed by atoms with Gasteiger partial charge in [0.1, 0.15) is 5.76 Å². The van der Waals surface area contributed by atoms with Gasteiger partial charge in [-0.3, -0.25) is 0 Å². The fourth-order valence-corrected chi connectivity index (χ4v) is 1.13. The van der Waals surface area contributed by atoms with E-state index < -0.39 is 6.36 Å². The molecular weight excluding hydrogens is 179 g/mol. The fourth-order valence-electron chi connectivity index (χ4n) is 1.13. The number of ether oxygens (including phenoxy) is 1. The number of alkyl halides is 1. The zero-order valence-corrected chi connectivity index (χ0v) is 9.01. The molecule has 0 saturated heterocycles. The monoisotopic (exact) mass is 196 g/mol. The van der Waals surface area contributed by atoms with Crippen molar-refractivity contribution in [1.82, 2.24) is 0 Å². The molecule has 0 fully saturated rings. The lowest BCUT2D eigenvalue weighted by Crippen LogP contribution is -2.03. The van der Waals surface area contributed by atoms with Crippen LogP contribution in [-0.2, 0) is 4.74 Å². The zero-order valence-electron chi connectivity index (χ0n) is 9.01. The second-order valence-corrected chi connectivity index (χ2v) is 2.73. The van der Waals surface area contributed by atoms with Crippen molar-refractivity contribution in [3.05, 3.63) is 48.3 Å². The first-order valence-electron chi connectivity index (χ1n) is 4.52. The van der Waals surface area contributed by atoms with Crippen LogP contribution in [0.25, 0.3) is 0 Å². The highest BCUT2D eigenvalue weighted by molar-refractivity contribution is 5.47.